The predicted octanol–water partition coefficient (Wildman–Crippen LogP) is 3.60. The molecule has 1 aromatic heterocycles. The molecule has 0 radical (unpaired) electrons. The first-order chi connectivity index (χ1) is 11.2. The van der Waals surface area contributed by atoms with Gasteiger partial charge in [-0.25, -0.2) is 4.79 Å². The van der Waals surface area contributed by atoms with Crippen LogP contribution in [-0.4, -0.2) is 39.7 Å². The van der Waals surface area contributed by atoms with Crippen LogP contribution in [0.5, 0.6) is 0 Å². The van der Waals surface area contributed by atoms with Gasteiger partial charge in [-0.1, -0.05) is 24.6 Å². The Kier molecular flexibility index (Phi) is 3.85. The van der Waals surface area contributed by atoms with Crippen LogP contribution < -0.4 is 0 Å². The fourth-order valence-corrected chi connectivity index (χ4v) is 4.48. The Hall–Kier alpha value is -1.81. The zero-order valence-corrected chi connectivity index (χ0v) is 13.4. The number of aromatic nitrogens is 1. The molecule has 2 atom stereocenters. The van der Waals surface area contributed by atoms with E-state index in [0.717, 1.165) is 23.5 Å². The highest BCUT2D eigenvalue weighted by atomic mass is 16.4. The molecular weight excluding hydrogens is 288 g/mol. The number of carboxylic acid groups (broad SMARTS) is 1. The summed E-state index contributed by atoms with van der Waals surface area (Å²) in [6.07, 6.45) is 8.37. The number of benzene rings is 1. The molecule has 2 aromatic rings. The maximum atomic E-state index is 11.5. The van der Waals surface area contributed by atoms with Gasteiger partial charge in [0, 0.05) is 29.7 Å². The van der Waals surface area contributed by atoms with Crippen molar-refractivity contribution >= 4 is 16.9 Å². The second-order valence-electron chi connectivity index (χ2n) is 7.09. The molecule has 4 nitrogen and oxygen atoms in total. The number of para-hydroxylation sites is 1. The number of piperidine rings is 2. The third kappa shape index (κ3) is 2.76. The Labute approximate surface area is 136 Å². The lowest BCUT2D eigenvalue weighted by Crippen LogP contribution is -2.45. The highest BCUT2D eigenvalue weighted by Crippen LogP contribution is 2.32. The van der Waals surface area contributed by atoms with Crippen molar-refractivity contribution in [2.75, 3.05) is 13.1 Å². The lowest BCUT2D eigenvalue weighted by atomic mass is 9.86. The van der Waals surface area contributed by atoms with E-state index < -0.39 is 5.97 Å². The summed E-state index contributed by atoms with van der Waals surface area (Å²) in [4.78, 5) is 14.2. The van der Waals surface area contributed by atoms with Gasteiger partial charge in [0.25, 0.3) is 0 Å². The highest BCUT2D eigenvalue weighted by molar-refractivity contribution is 6.03. The van der Waals surface area contributed by atoms with Crippen LogP contribution in [0.15, 0.2) is 30.5 Å². The van der Waals surface area contributed by atoms with Crippen molar-refractivity contribution < 1.29 is 9.90 Å². The minimum Gasteiger partial charge on any atom is -0.478 e. The summed E-state index contributed by atoms with van der Waals surface area (Å²) in [6, 6.07) is 8.62. The molecule has 122 valence electrons. The van der Waals surface area contributed by atoms with Crippen LogP contribution in [0, 0.1) is 5.92 Å². The largest absolute Gasteiger partial charge is 0.478 e. The number of rotatable bonds is 3. The van der Waals surface area contributed by atoms with Crippen molar-refractivity contribution in [2.45, 2.75) is 44.7 Å². The summed E-state index contributed by atoms with van der Waals surface area (Å²) in [7, 11) is 0. The van der Waals surface area contributed by atoms with Crippen molar-refractivity contribution in [1.82, 2.24) is 9.47 Å². The van der Waals surface area contributed by atoms with E-state index in [1.807, 2.05) is 30.5 Å². The molecular formula is C19H24N2O2. The lowest BCUT2D eigenvalue weighted by molar-refractivity contribution is 0.0695. The van der Waals surface area contributed by atoms with Gasteiger partial charge in [-0.3, -0.25) is 0 Å². The van der Waals surface area contributed by atoms with E-state index in [4.69, 9.17) is 0 Å². The first-order valence-corrected chi connectivity index (χ1v) is 8.77. The third-order valence-electron chi connectivity index (χ3n) is 5.65. The monoisotopic (exact) mass is 312 g/mol. The number of fused-ring (bicyclic) bond motifs is 2. The average Bonchev–Trinajstić information content (AvgIpc) is 2.94. The van der Waals surface area contributed by atoms with Gasteiger partial charge >= 0.3 is 5.97 Å². The summed E-state index contributed by atoms with van der Waals surface area (Å²) in [6.45, 7) is 3.42. The van der Waals surface area contributed by atoms with Gasteiger partial charge in [0.1, 0.15) is 0 Å². The lowest BCUT2D eigenvalue weighted by Gasteiger charge is -2.42. The molecule has 4 rings (SSSR count). The summed E-state index contributed by atoms with van der Waals surface area (Å²) in [5.74, 6) is -0.172. The summed E-state index contributed by atoms with van der Waals surface area (Å²) in [5.41, 5.74) is 1.48. The van der Waals surface area contributed by atoms with Crippen LogP contribution in [-0.2, 0) is 6.54 Å². The quantitative estimate of drug-likeness (QED) is 0.942. The van der Waals surface area contributed by atoms with Crippen LogP contribution >= 0.6 is 0 Å². The summed E-state index contributed by atoms with van der Waals surface area (Å²) in [5, 5.41) is 10.3. The molecule has 0 aliphatic carbocycles. The molecule has 0 saturated carbocycles. The zero-order chi connectivity index (χ0) is 15.8. The van der Waals surface area contributed by atoms with Gasteiger partial charge in [-0.2, -0.15) is 0 Å². The van der Waals surface area contributed by atoms with E-state index in [2.05, 4.69) is 9.47 Å². The number of hydrogen-bond acceptors (Lipinski definition) is 2. The topological polar surface area (TPSA) is 45.5 Å². The molecule has 0 bridgehead atoms. The van der Waals surface area contributed by atoms with E-state index in [9.17, 15) is 9.90 Å². The number of aromatic carboxylic acids is 1. The molecule has 0 spiro atoms. The number of carbonyl (C=O) groups is 1. The minimum absolute atomic E-state index is 0.427. The normalized spacial score (nSPS) is 25.4. The zero-order valence-electron chi connectivity index (χ0n) is 13.4. The van der Waals surface area contributed by atoms with Gasteiger partial charge in [-0.15, -0.1) is 0 Å². The number of hydrogen-bond donors (Lipinski definition) is 1. The molecule has 2 aliphatic heterocycles. The fraction of sp³-hybridized carbons (Fsp3) is 0.526. The number of nitrogens with zero attached hydrogens (tertiary/aromatic N) is 2. The molecule has 2 aliphatic rings. The Balaban J connectivity index is 1.57. The fourth-order valence-electron chi connectivity index (χ4n) is 4.48. The van der Waals surface area contributed by atoms with Gasteiger partial charge in [0.2, 0.25) is 0 Å². The van der Waals surface area contributed by atoms with Crippen LogP contribution in [0.3, 0.4) is 0 Å². The van der Waals surface area contributed by atoms with Crippen molar-refractivity contribution in [1.29, 1.82) is 0 Å². The summed E-state index contributed by atoms with van der Waals surface area (Å²) < 4.78 is 2.17. The highest BCUT2D eigenvalue weighted by Gasteiger charge is 2.30. The molecule has 0 amide bonds. The second-order valence-corrected chi connectivity index (χ2v) is 7.09. The van der Waals surface area contributed by atoms with Gasteiger partial charge in [0.05, 0.1) is 5.56 Å². The molecule has 2 fully saturated rings. The van der Waals surface area contributed by atoms with Gasteiger partial charge in [0.15, 0.2) is 0 Å². The maximum Gasteiger partial charge on any atom is 0.337 e. The van der Waals surface area contributed by atoms with Crippen LogP contribution in [0.4, 0.5) is 0 Å². The molecule has 2 unspecified atom stereocenters. The second kappa shape index (κ2) is 6.00. The first kappa shape index (κ1) is 14.8. The molecule has 23 heavy (non-hydrogen) atoms. The summed E-state index contributed by atoms with van der Waals surface area (Å²) >= 11 is 0. The van der Waals surface area contributed by atoms with E-state index in [1.165, 1.54) is 45.2 Å². The van der Waals surface area contributed by atoms with Crippen LogP contribution in [0.25, 0.3) is 10.9 Å². The van der Waals surface area contributed by atoms with Crippen LogP contribution in [0.2, 0.25) is 0 Å². The Morgan fingerprint density at radius 1 is 1.17 bits per heavy atom. The molecule has 4 heteroatoms. The molecule has 3 heterocycles. The Bertz CT molecular complexity index is 721. The molecule has 2 saturated heterocycles. The standard InChI is InChI=1S/C19H24N2O2/c22-19(23)17-13-21(18-7-2-1-6-16(17)18)12-14-8-10-20-9-4-3-5-15(20)11-14/h1-2,6-7,13-15H,3-5,8-12H2,(H,22,23). The Morgan fingerprint density at radius 2 is 2.04 bits per heavy atom. The van der Waals surface area contributed by atoms with Crippen molar-refractivity contribution in [2.24, 2.45) is 5.92 Å². The first-order valence-electron chi connectivity index (χ1n) is 8.77. The van der Waals surface area contributed by atoms with Crippen molar-refractivity contribution in [3.05, 3.63) is 36.0 Å². The predicted molar refractivity (Wildman–Crippen MR) is 90.8 cm³/mol. The average molecular weight is 312 g/mol. The van der Waals surface area contributed by atoms with E-state index in [0.29, 0.717) is 11.5 Å². The molecule has 1 aromatic carbocycles. The Morgan fingerprint density at radius 3 is 2.91 bits per heavy atom. The van der Waals surface area contributed by atoms with E-state index >= 15 is 0 Å². The minimum atomic E-state index is -0.831. The van der Waals surface area contributed by atoms with Crippen molar-refractivity contribution in [3.8, 4) is 0 Å². The molecule has 1 N–H and O–H groups in total. The van der Waals surface area contributed by atoms with E-state index in [1.54, 1.807) is 0 Å². The number of carboxylic acids is 1. The smallest absolute Gasteiger partial charge is 0.337 e. The maximum absolute atomic E-state index is 11.5. The SMILES string of the molecule is O=C(O)c1cn(CC2CCN3CCCCC3C2)c2ccccc12. The van der Waals surface area contributed by atoms with Gasteiger partial charge in [-0.05, 0) is 50.8 Å². The van der Waals surface area contributed by atoms with Crippen LogP contribution in [0.1, 0.15) is 42.5 Å². The van der Waals surface area contributed by atoms with Gasteiger partial charge < -0.3 is 14.6 Å². The van der Waals surface area contributed by atoms with E-state index in [-0.39, 0.29) is 0 Å². The van der Waals surface area contributed by atoms with Crippen molar-refractivity contribution in [3.63, 3.8) is 0 Å². The third-order valence-corrected chi connectivity index (χ3v) is 5.65.